The Kier molecular flexibility index (Phi) is 6.43. The summed E-state index contributed by atoms with van der Waals surface area (Å²) in [6.45, 7) is 4.69. The number of H-pyrrole nitrogens is 1. The van der Waals surface area contributed by atoms with Gasteiger partial charge in [0.05, 0.1) is 12.2 Å². The van der Waals surface area contributed by atoms with Gasteiger partial charge in [-0.05, 0) is 31.8 Å². The van der Waals surface area contributed by atoms with Crippen molar-refractivity contribution in [1.82, 2.24) is 9.55 Å². The fraction of sp³-hybridized carbons (Fsp3) is 0.562. The van der Waals surface area contributed by atoms with Gasteiger partial charge >= 0.3 is 11.8 Å². The lowest BCUT2D eigenvalue weighted by Crippen LogP contribution is -2.33. The maximum Gasteiger partial charge on any atom is 0.509 e. The van der Waals surface area contributed by atoms with Crippen molar-refractivity contribution in [3.8, 4) is 0 Å². The Bertz CT molecular complexity index is 793. The van der Waals surface area contributed by atoms with Crippen LogP contribution in [0.2, 0.25) is 0 Å². The summed E-state index contributed by atoms with van der Waals surface area (Å²) in [4.78, 5) is 39.4. The van der Waals surface area contributed by atoms with E-state index in [1.165, 1.54) is 21.8 Å². The van der Waals surface area contributed by atoms with Gasteiger partial charge in [-0.3, -0.25) is 14.3 Å². The largest absolute Gasteiger partial charge is 0.509 e. The zero-order chi connectivity index (χ0) is 19.5. The van der Waals surface area contributed by atoms with Crippen molar-refractivity contribution >= 4 is 28.2 Å². The van der Waals surface area contributed by atoms with Crippen molar-refractivity contribution in [2.45, 2.75) is 51.2 Å². The third-order valence-electron chi connectivity index (χ3n) is 3.55. The van der Waals surface area contributed by atoms with Crippen LogP contribution in [0.5, 0.6) is 0 Å². The molecule has 2 heterocycles. The fourth-order valence-electron chi connectivity index (χ4n) is 2.46. The minimum atomic E-state index is -0.887. The van der Waals surface area contributed by atoms with E-state index in [1.807, 2.05) is 0 Å². The highest BCUT2D eigenvalue weighted by molar-refractivity contribution is 9.11. The van der Waals surface area contributed by atoms with Gasteiger partial charge in [-0.25, -0.2) is 9.59 Å². The average molecular weight is 433 g/mol. The molecular formula is C16H21BrN2O7. The summed E-state index contributed by atoms with van der Waals surface area (Å²) >= 11 is 3.07. The first-order chi connectivity index (χ1) is 12.1. The van der Waals surface area contributed by atoms with Gasteiger partial charge in [0.1, 0.15) is 24.0 Å². The van der Waals surface area contributed by atoms with Gasteiger partial charge in [0, 0.05) is 12.6 Å². The Balaban J connectivity index is 2.21. The van der Waals surface area contributed by atoms with E-state index in [1.54, 1.807) is 20.8 Å². The molecule has 2 N–H and O–H groups in total. The maximum atomic E-state index is 12.1. The van der Waals surface area contributed by atoms with Gasteiger partial charge in [-0.15, -0.1) is 0 Å². The molecule has 26 heavy (non-hydrogen) atoms. The molecule has 0 aliphatic carbocycles. The zero-order valence-electron chi connectivity index (χ0n) is 14.6. The zero-order valence-corrected chi connectivity index (χ0v) is 16.2. The highest BCUT2D eigenvalue weighted by atomic mass is 79.9. The molecule has 9 nitrogen and oxygen atoms in total. The molecule has 144 valence electrons. The molecule has 1 aliphatic rings. The van der Waals surface area contributed by atoms with Crippen LogP contribution in [0.25, 0.3) is 6.08 Å². The molecule has 0 radical (unpaired) electrons. The minimum absolute atomic E-state index is 0.119. The third kappa shape index (κ3) is 5.05. The molecule has 1 aromatic rings. The van der Waals surface area contributed by atoms with E-state index in [2.05, 4.69) is 20.9 Å². The van der Waals surface area contributed by atoms with Crippen molar-refractivity contribution in [3.05, 3.63) is 37.6 Å². The predicted octanol–water partition coefficient (Wildman–Crippen LogP) is 1.50. The summed E-state index contributed by atoms with van der Waals surface area (Å²) in [5.41, 5.74) is -1.69. The number of nitrogens with one attached hydrogen (secondary N) is 1. The third-order valence-corrected chi connectivity index (χ3v) is 3.81. The molecule has 1 aromatic heterocycles. The van der Waals surface area contributed by atoms with Crippen LogP contribution < -0.4 is 11.2 Å². The van der Waals surface area contributed by atoms with E-state index >= 15 is 0 Å². The first-order valence-corrected chi connectivity index (χ1v) is 8.84. The smallest absolute Gasteiger partial charge is 0.429 e. The van der Waals surface area contributed by atoms with E-state index in [9.17, 15) is 19.5 Å². The van der Waals surface area contributed by atoms with Crippen molar-refractivity contribution < 1.29 is 24.1 Å². The topological polar surface area (TPSA) is 120 Å². The standard InChI is InChI=1S/C16H21BrN2O7/c1-16(2,3)26-15(23)25-10-6-12(24-11(10)8-20)19-7-9(4-5-17)13(21)18-14(19)22/h4-5,7,10-12,20H,6,8H2,1-3H3,(H,18,21,22)/b5-4+/t10-,11+,12+/m0/s1. The van der Waals surface area contributed by atoms with Crippen LogP contribution in [-0.2, 0) is 14.2 Å². The number of ether oxygens (including phenoxy) is 3. The molecule has 0 bridgehead atoms. The monoisotopic (exact) mass is 432 g/mol. The van der Waals surface area contributed by atoms with E-state index in [0.29, 0.717) is 0 Å². The Morgan fingerprint density at radius 3 is 2.77 bits per heavy atom. The number of carbonyl (C=O) groups excluding carboxylic acids is 1. The number of hydrogen-bond acceptors (Lipinski definition) is 7. The molecule has 0 saturated carbocycles. The summed E-state index contributed by atoms with van der Waals surface area (Å²) in [7, 11) is 0. The SMILES string of the molecule is CC(C)(C)OC(=O)O[C@H]1C[C@H](n2cc(/C=C/Br)c(=O)[nH]c2=O)O[C@@H]1CO. The second-order valence-electron chi connectivity index (χ2n) is 6.71. The van der Waals surface area contributed by atoms with Crippen LogP contribution in [0.3, 0.4) is 0 Å². The normalized spacial score (nSPS) is 23.3. The van der Waals surface area contributed by atoms with Crippen LogP contribution >= 0.6 is 15.9 Å². The number of hydrogen-bond donors (Lipinski definition) is 2. The summed E-state index contributed by atoms with van der Waals surface area (Å²) in [5, 5.41) is 9.48. The molecule has 0 unspecified atom stereocenters. The first-order valence-electron chi connectivity index (χ1n) is 7.93. The van der Waals surface area contributed by atoms with Crippen LogP contribution in [0, 0.1) is 0 Å². The van der Waals surface area contributed by atoms with E-state index in [0.717, 1.165) is 0 Å². The molecular weight excluding hydrogens is 412 g/mol. The summed E-state index contributed by atoms with van der Waals surface area (Å²) < 4.78 is 17.1. The van der Waals surface area contributed by atoms with Gasteiger partial charge in [0.15, 0.2) is 0 Å². The summed E-state index contributed by atoms with van der Waals surface area (Å²) in [6.07, 6.45) is -0.382. The van der Waals surface area contributed by atoms with Crippen molar-refractivity contribution in [2.75, 3.05) is 6.61 Å². The molecule has 0 aromatic carbocycles. The molecule has 10 heteroatoms. The van der Waals surface area contributed by atoms with Crippen LogP contribution in [-0.4, -0.2) is 45.2 Å². The van der Waals surface area contributed by atoms with Crippen LogP contribution in [0.15, 0.2) is 20.8 Å². The highest BCUT2D eigenvalue weighted by Gasteiger charge is 2.40. The van der Waals surface area contributed by atoms with Crippen molar-refractivity contribution in [2.24, 2.45) is 0 Å². The summed E-state index contributed by atoms with van der Waals surface area (Å²) in [6, 6.07) is 0. The Labute approximate surface area is 157 Å². The molecule has 1 fully saturated rings. The van der Waals surface area contributed by atoms with Gasteiger partial charge < -0.3 is 19.3 Å². The van der Waals surface area contributed by atoms with Crippen LogP contribution in [0.4, 0.5) is 4.79 Å². The van der Waals surface area contributed by atoms with Gasteiger partial charge in [-0.1, -0.05) is 15.9 Å². The van der Waals surface area contributed by atoms with Gasteiger partial charge in [-0.2, -0.15) is 0 Å². The fourth-order valence-corrected chi connectivity index (χ4v) is 2.74. The number of halogens is 1. The van der Waals surface area contributed by atoms with E-state index < -0.39 is 48.0 Å². The Hall–Kier alpha value is -1.91. The number of aliphatic hydroxyl groups is 1. The summed E-state index contributed by atoms with van der Waals surface area (Å²) in [5.74, 6) is 0. The number of rotatable bonds is 4. The van der Waals surface area contributed by atoms with Gasteiger partial charge in [0.2, 0.25) is 0 Å². The van der Waals surface area contributed by atoms with E-state index in [-0.39, 0.29) is 12.0 Å². The number of nitrogens with zero attached hydrogens (tertiary/aromatic N) is 1. The molecule has 0 amide bonds. The second-order valence-corrected chi connectivity index (χ2v) is 7.24. The first kappa shape index (κ1) is 20.4. The lowest BCUT2D eigenvalue weighted by Gasteiger charge is -2.22. The number of aliphatic hydroxyl groups excluding tert-OH is 1. The molecule has 0 spiro atoms. The van der Waals surface area contributed by atoms with Gasteiger partial charge in [0.25, 0.3) is 5.56 Å². The Morgan fingerprint density at radius 2 is 2.19 bits per heavy atom. The quantitative estimate of drug-likeness (QED) is 0.691. The average Bonchev–Trinajstić information content (AvgIpc) is 2.90. The van der Waals surface area contributed by atoms with Crippen LogP contribution in [0.1, 0.15) is 39.0 Å². The number of carbonyl (C=O) groups is 1. The van der Waals surface area contributed by atoms with Crippen molar-refractivity contribution in [3.63, 3.8) is 0 Å². The Morgan fingerprint density at radius 1 is 1.50 bits per heavy atom. The second kappa shape index (κ2) is 8.19. The lowest BCUT2D eigenvalue weighted by atomic mass is 10.2. The molecule has 2 rings (SSSR count). The maximum absolute atomic E-state index is 12.1. The number of aromatic amines is 1. The number of aromatic nitrogens is 2. The highest BCUT2D eigenvalue weighted by Crippen LogP contribution is 2.30. The molecule has 1 aliphatic heterocycles. The molecule has 3 atom stereocenters. The van der Waals surface area contributed by atoms with E-state index in [4.69, 9.17) is 14.2 Å². The minimum Gasteiger partial charge on any atom is -0.429 e. The predicted molar refractivity (Wildman–Crippen MR) is 96.0 cm³/mol. The van der Waals surface area contributed by atoms with Crippen molar-refractivity contribution in [1.29, 1.82) is 0 Å². The lowest BCUT2D eigenvalue weighted by molar-refractivity contribution is -0.0689. The molecule has 1 saturated heterocycles.